The molecule has 2 aliphatic rings. The van der Waals surface area contributed by atoms with E-state index < -0.39 is 21.6 Å². The Balaban J connectivity index is 1.32. The van der Waals surface area contributed by atoms with Crippen LogP contribution in [0.1, 0.15) is 56.1 Å². The fourth-order valence-corrected chi connectivity index (χ4v) is 7.46. The normalized spacial score (nSPS) is 21.6. The van der Waals surface area contributed by atoms with E-state index in [4.69, 9.17) is 5.73 Å². The number of para-hydroxylation sites is 1. The van der Waals surface area contributed by atoms with Gasteiger partial charge in [-0.25, -0.2) is 12.4 Å². The predicted octanol–water partition coefficient (Wildman–Crippen LogP) is 4.07. The van der Waals surface area contributed by atoms with Gasteiger partial charge in [-0.05, 0) is 49.4 Å². The molecule has 5 rings (SSSR count). The average molecular weight is 548 g/mol. The number of nitriles is 1. The number of nitrogens with one attached hydrogen (secondary N) is 1. The first-order chi connectivity index (χ1) is 18.7. The molecule has 2 atom stereocenters. The summed E-state index contributed by atoms with van der Waals surface area (Å²) in [6.45, 7) is 3.35. The van der Waals surface area contributed by atoms with Gasteiger partial charge in [-0.2, -0.15) is 5.26 Å². The molecule has 2 aromatic carbocycles. The SMILES string of the molecule is Cc1ccc(S(=O)(=O)n2cc(CN3CCC(C#N)(NC(=O)C(N)CC4CCCCC4)C3)c3ccccc32)cc1. The first-order valence-electron chi connectivity index (χ1n) is 13.8. The highest BCUT2D eigenvalue weighted by Crippen LogP contribution is 2.30. The number of rotatable bonds is 8. The van der Waals surface area contributed by atoms with Crippen LogP contribution in [-0.4, -0.2) is 47.9 Å². The summed E-state index contributed by atoms with van der Waals surface area (Å²) in [5.74, 6) is 0.218. The molecule has 3 N–H and O–H groups in total. The van der Waals surface area contributed by atoms with Crippen molar-refractivity contribution in [1.82, 2.24) is 14.2 Å². The first kappa shape index (κ1) is 27.4. The molecule has 8 nitrogen and oxygen atoms in total. The Labute approximate surface area is 230 Å². The lowest BCUT2D eigenvalue weighted by molar-refractivity contribution is -0.124. The molecule has 1 saturated carbocycles. The van der Waals surface area contributed by atoms with Crippen LogP contribution in [-0.2, 0) is 21.4 Å². The monoisotopic (exact) mass is 547 g/mol. The maximum atomic E-state index is 13.5. The zero-order chi connectivity index (χ0) is 27.6. The molecule has 1 aliphatic heterocycles. The van der Waals surface area contributed by atoms with Crippen molar-refractivity contribution < 1.29 is 13.2 Å². The Hall–Kier alpha value is -3.19. The highest BCUT2D eigenvalue weighted by atomic mass is 32.2. The minimum Gasteiger partial charge on any atom is -0.335 e. The minimum atomic E-state index is -3.79. The van der Waals surface area contributed by atoms with E-state index in [1.807, 2.05) is 31.2 Å². The quantitative estimate of drug-likeness (QED) is 0.439. The third-order valence-electron chi connectivity index (χ3n) is 8.31. The Morgan fingerprint density at radius 1 is 1.15 bits per heavy atom. The van der Waals surface area contributed by atoms with Gasteiger partial charge in [0.25, 0.3) is 10.0 Å². The molecule has 3 aromatic rings. The zero-order valence-electron chi connectivity index (χ0n) is 22.5. The van der Waals surface area contributed by atoms with E-state index in [0.717, 1.165) is 29.4 Å². The van der Waals surface area contributed by atoms with Gasteiger partial charge in [0.2, 0.25) is 5.91 Å². The number of benzene rings is 2. The summed E-state index contributed by atoms with van der Waals surface area (Å²) in [6, 6.07) is 16.0. The van der Waals surface area contributed by atoms with Gasteiger partial charge in [0, 0.05) is 31.2 Å². The number of nitrogens with two attached hydrogens (primary N) is 1. The maximum absolute atomic E-state index is 13.5. The second-order valence-corrected chi connectivity index (χ2v) is 13.1. The Bertz CT molecular complexity index is 1490. The van der Waals surface area contributed by atoms with Gasteiger partial charge in [-0.3, -0.25) is 9.69 Å². The number of aryl methyl sites for hydroxylation is 1. The van der Waals surface area contributed by atoms with E-state index in [1.165, 1.54) is 23.2 Å². The number of hydrogen-bond acceptors (Lipinski definition) is 6. The highest BCUT2D eigenvalue weighted by Gasteiger charge is 2.41. The van der Waals surface area contributed by atoms with E-state index in [9.17, 15) is 18.5 Å². The topological polar surface area (TPSA) is 121 Å². The largest absolute Gasteiger partial charge is 0.335 e. The molecule has 1 aromatic heterocycles. The minimum absolute atomic E-state index is 0.234. The average Bonchev–Trinajstić information content (AvgIpc) is 3.52. The van der Waals surface area contributed by atoms with E-state index >= 15 is 0 Å². The van der Waals surface area contributed by atoms with Gasteiger partial charge in [0.1, 0.15) is 5.54 Å². The summed E-state index contributed by atoms with van der Waals surface area (Å²) in [5.41, 5.74) is 7.72. The molecule has 1 amide bonds. The zero-order valence-corrected chi connectivity index (χ0v) is 23.3. The van der Waals surface area contributed by atoms with E-state index in [1.54, 1.807) is 30.5 Å². The second-order valence-electron chi connectivity index (χ2n) is 11.3. The van der Waals surface area contributed by atoms with Crippen molar-refractivity contribution in [2.75, 3.05) is 13.1 Å². The van der Waals surface area contributed by atoms with Gasteiger partial charge in [-0.15, -0.1) is 0 Å². The van der Waals surface area contributed by atoms with Gasteiger partial charge in [0.05, 0.1) is 22.5 Å². The summed E-state index contributed by atoms with van der Waals surface area (Å²) in [7, 11) is -3.79. The van der Waals surface area contributed by atoms with Crippen LogP contribution >= 0.6 is 0 Å². The molecule has 1 aliphatic carbocycles. The van der Waals surface area contributed by atoms with Crippen LogP contribution in [0.4, 0.5) is 0 Å². The molecule has 2 unspecified atom stereocenters. The molecule has 39 heavy (non-hydrogen) atoms. The Morgan fingerprint density at radius 3 is 2.59 bits per heavy atom. The van der Waals surface area contributed by atoms with Crippen molar-refractivity contribution in [3.05, 3.63) is 65.9 Å². The van der Waals surface area contributed by atoms with Crippen molar-refractivity contribution in [2.45, 2.75) is 74.9 Å². The number of aromatic nitrogens is 1. The Morgan fingerprint density at radius 2 is 1.87 bits per heavy atom. The van der Waals surface area contributed by atoms with Crippen LogP contribution in [0, 0.1) is 24.2 Å². The van der Waals surface area contributed by atoms with E-state index in [2.05, 4.69) is 16.3 Å². The second kappa shape index (κ2) is 11.1. The lowest BCUT2D eigenvalue weighted by Crippen LogP contribution is -2.54. The Kier molecular flexibility index (Phi) is 7.81. The fraction of sp³-hybridized carbons (Fsp3) is 0.467. The number of likely N-dealkylation sites (tertiary alicyclic amines) is 1. The molecule has 0 bridgehead atoms. The smallest absolute Gasteiger partial charge is 0.268 e. The van der Waals surface area contributed by atoms with Crippen molar-refractivity contribution in [2.24, 2.45) is 11.7 Å². The van der Waals surface area contributed by atoms with Crippen molar-refractivity contribution >= 4 is 26.8 Å². The molecule has 9 heteroatoms. The van der Waals surface area contributed by atoms with Crippen LogP contribution in [0.5, 0.6) is 0 Å². The lowest BCUT2D eigenvalue weighted by atomic mass is 9.84. The molecule has 0 radical (unpaired) electrons. The van der Waals surface area contributed by atoms with Gasteiger partial charge >= 0.3 is 0 Å². The third kappa shape index (κ3) is 5.74. The first-order valence-corrected chi connectivity index (χ1v) is 15.3. The maximum Gasteiger partial charge on any atom is 0.268 e. The van der Waals surface area contributed by atoms with Gasteiger partial charge < -0.3 is 11.1 Å². The highest BCUT2D eigenvalue weighted by molar-refractivity contribution is 7.90. The van der Waals surface area contributed by atoms with E-state index in [0.29, 0.717) is 43.9 Å². The number of fused-ring (bicyclic) bond motifs is 1. The number of hydrogen-bond donors (Lipinski definition) is 2. The fourth-order valence-electron chi connectivity index (χ4n) is 6.07. The van der Waals surface area contributed by atoms with Crippen LogP contribution in [0.25, 0.3) is 10.9 Å². The summed E-state index contributed by atoms with van der Waals surface area (Å²) < 4.78 is 28.4. The standard InChI is InChI=1S/C30H37N5O3S/c1-22-11-13-25(14-12-22)39(37,38)35-19-24(26-9-5-6-10-28(26)35)18-34-16-15-30(20-31,21-34)33-29(36)27(32)17-23-7-3-2-4-8-23/h5-6,9-14,19,23,27H,2-4,7-8,15-18,21,32H2,1H3,(H,33,36). The molecular formula is C30H37N5O3S. The van der Waals surface area contributed by atoms with Crippen molar-refractivity contribution in [1.29, 1.82) is 5.26 Å². The summed E-state index contributed by atoms with van der Waals surface area (Å²) in [6.07, 6.45) is 8.71. The molecule has 0 spiro atoms. The number of carbonyl (C=O) groups is 1. The van der Waals surface area contributed by atoms with Crippen molar-refractivity contribution in [3.8, 4) is 6.07 Å². The number of carbonyl (C=O) groups excluding carboxylic acids is 1. The van der Waals surface area contributed by atoms with Gasteiger partial charge in [0.15, 0.2) is 0 Å². The predicted molar refractivity (Wildman–Crippen MR) is 151 cm³/mol. The van der Waals surface area contributed by atoms with Crippen LogP contribution in [0.2, 0.25) is 0 Å². The molecule has 2 fully saturated rings. The summed E-state index contributed by atoms with van der Waals surface area (Å²) in [5, 5.41) is 13.9. The molecular weight excluding hydrogens is 510 g/mol. The summed E-state index contributed by atoms with van der Waals surface area (Å²) in [4.78, 5) is 15.3. The van der Waals surface area contributed by atoms with Crippen LogP contribution in [0.3, 0.4) is 0 Å². The molecule has 2 heterocycles. The third-order valence-corrected chi connectivity index (χ3v) is 9.99. The summed E-state index contributed by atoms with van der Waals surface area (Å²) >= 11 is 0. The number of amides is 1. The number of nitrogens with zero attached hydrogens (tertiary/aromatic N) is 3. The lowest BCUT2D eigenvalue weighted by Gasteiger charge is -2.28. The molecule has 206 valence electrons. The van der Waals surface area contributed by atoms with Crippen LogP contribution < -0.4 is 11.1 Å². The van der Waals surface area contributed by atoms with Crippen LogP contribution in [0.15, 0.2) is 59.6 Å². The van der Waals surface area contributed by atoms with Gasteiger partial charge in [-0.1, -0.05) is 68.0 Å². The van der Waals surface area contributed by atoms with E-state index in [-0.39, 0.29) is 10.8 Å². The van der Waals surface area contributed by atoms with Crippen molar-refractivity contribution in [3.63, 3.8) is 0 Å². The molecule has 1 saturated heterocycles.